The highest BCUT2D eigenvalue weighted by Crippen LogP contribution is 2.65. The minimum absolute atomic E-state index is 0.401. The fourth-order valence-electron chi connectivity index (χ4n) is 9.70. The molecule has 9 aromatic carbocycles. The van der Waals surface area contributed by atoms with Gasteiger partial charge in [-0.05, 0) is 125 Å². The second kappa shape index (κ2) is 10.2. The van der Waals surface area contributed by atoms with Crippen molar-refractivity contribution >= 4 is 43.5 Å². The molecule has 1 heterocycles. The van der Waals surface area contributed by atoms with Crippen molar-refractivity contribution in [2.45, 2.75) is 5.41 Å². The van der Waals surface area contributed by atoms with Crippen LogP contribution in [0.1, 0.15) is 22.3 Å². The lowest BCUT2D eigenvalue weighted by Gasteiger charge is -2.31. The number of fused-ring (bicyclic) bond motifs is 16. The molecule has 0 radical (unpaired) electrons. The van der Waals surface area contributed by atoms with Crippen molar-refractivity contribution in [3.8, 4) is 44.5 Å². The van der Waals surface area contributed by atoms with Crippen LogP contribution in [-0.4, -0.2) is 0 Å². The van der Waals surface area contributed by atoms with E-state index in [9.17, 15) is 0 Å². The largest absolute Gasteiger partial charge is 0.456 e. The van der Waals surface area contributed by atoms with Gasteiger partial charge in [0.05, 0.1) is 5.41 Å². The van der Waals surface area contributed by atoms with Crippen LogP contribution in [0.2, 0.25) is 0 Å². The summed E-state index contributed by atoms with van der Waals surface area (Å²) in [7, 11) is 0. The fourth-order valence-corrected chi connectivity index (χ4v) is 9.70. The first-order valence-corrected chi connectivity index (χ1v) is 18.1. The predicted octanol–water partition coefficient (Wildman–Crippen LogP) is 13.6. The number of hydrogen-bond donors (Lipinski definition) is 0. The second-order valence-electron chi connectivity index (χ2n) is 14.4. The Kier molecular flexibility index (Phi) is 5.49. The SMILES string of the molecule is c1ccc2c(c1)-c1ccccc1C21c2ccccc2-c2c(-c3ccc4cc(-c5ccc6oc7ccccc7c6c5)ccc4c3)cc3ccccc3c21. The first kappa shape index (κ1) is 28.0. The maximum absolute atomic E-state index is 6.11. The van der Waals surface area contributed by atoms with E-state index in [4.69, 9.17) is 4.42 Å². The van der Waals surface area contributed by atoms with E-state index in [0.717, 1.165) is 21.9 Å². The normalized spacial score (nSPS) is 13.5. The van der Waals surface area contributed by atoms with E-state index in [2.05, 4.69) is 170 Å². The third-order valence-electron chi connectivity index (χ3n) is 11.8. The molecule has 0 saturated heterocycles. The van der Waals surface area contributed by atoms with Crippen molar-refractivity contribution in [2.75, 3.05) is 0 Å². The summed E-state index contributed by atoms with van der Waals surface area (Å²) in [6, 6.07) is 67.4. The summed E-state index contributed by atoms with van der Waals surface area (Å²) in [4.78, 5) is 0. The standard InChI is InChI=1S/C51H30O/c1-2-12-37-35(11-1)30-42(49-41-16-5-9-19-46(41)51(50(37)49)44-17-7-3-13-38(44)39-14-4-8-18-45(39)51)36-24-23-31-27-32(21-22-33(31)28-36)34-25-26-48-43(29-34)40-15-6-10-20-47(40)52-48/h1-30H. The van der Waals surface area contributed by atoms with Crippen molar-refractivity contribution in [1.29, 1.82) is 0 Å². The van der Waals surface area contributed by atoms with Crippen molar-refractivity contribution in [3.05, 3.63) is 204 Å². The van der Waals surface area contributed by atoms with Crippen LogP contribution in [0.5, 0.6) is 0 Å². The van der Waals surface area contributed by atoms with E-state index in [0.29, 0.717) is 0 Å². The van der Waals surface area contributed by atoms with Gasteiger partial charge in [0.1, 0.15) is 11.2 Å². The summed E-state index contributed by atoms with van der Waals surface area (Å²) in [5.74, 6) is 0. The maximum Gasteiger partial charge on any atom is 0.135 e. The molecule has 1 heteroatoms. The molecular formula is C51H30O. The molecule has 12 rings (SSSR count). The highest BCUT2D eigenvalue weighted by atomic mass is 16.3. The van der Waals surface area contributed by atoms with Gasteiger partial charge in [0.25, 0.3) is 0 Å². The van der Waals surface area contributed by atoms with Crippen LogP contribution in [0.3, 0.4) is 0 Å². The smallest absolute Gasteiger partial charge is 0.135 e. The van der Waals surface area contributed by atoms with Crippen molar-refractivity contribution in [2.24, 2.45) is 0 Å². The molecule has 10 aromatic rings. The molecule has 0 saturated carbocycles. The van der Waals surface area contributed by atoms with Gasteiger partial charge in [0.15, 0.2) is 0 Å². The number of furan rings is 1. The van der Waals surface area contributed by atoms with E-state index < -0.39 is 5.41 Å². The summed E-state index contributed by atoms with van der Waals surface area (Å²) in [6.07, 6.45) is 0. The molecule has 2 aliphatic rings. The van der Waals surface area contributed by atoms with Gasteiger partial charge in [-0.15, -0.1) is 0 Å². The average molecular weight is 659 g/mol. The zero-order valence-corrected chi connectivity index (χ0v) is 28.2. The predicted molar refractivity (Wildman–Crippen MR) is 216 cm³/mol. The monoisotopic (exact) mass is 658 g/mol. The number of benzene rings is 9. The zero-order chi connectivity index (χ0) is 34.0. The summed E-state index contributed by atoms with van der Waals surface area (Å²) in [6.45, 7) is 0. The fraction of sp³-hybridized carbons (Fsp3) is 0.0196. The molecule has 240 valence electrons. The topological polar surface area (TPSA) is 13.1 Å². The van der Waals surface area contributed by atoms with Crippen LogP contribution in [0, 0.1) is 0 Å². The van der Waals surface area contributed by atoms with Gasteiger partial charge in [-0.25, -0.2) is 0 Å². The molecule has 0 fully saturated rings. The van der Waals surface area contributed by atoms with Crippen molar-refractivity contribution in [1.82, 2.24) is 0 Å². The van der Waals surface area contributed by atoms with Gasteiger partial charge in [-0.2, -0.15) is 0 Å². The zero-order valence-electron chi connectivity index (χ0n) is 28.2. The Labute approximate surface area is 301 Å². The molecule has 0 N–H and O–H groups in total. The molecule has 1 aromatic heterocycles. The maximum atomic E-state index is 6.11. The molecule has 0 unspecified atom stereocenters. The van der Waals surface area contributed by atoms with Crippen LogP contribution < -0.4 is 0 Å². The Balaban J connectivity index is 1.09. The van der Waals surface area contributed by atoms with Crippen LogP contribution in [0.25, 0.3) is 88.0 Å². The molecule has 1 spiro atoms. The summed E-state index contributed by atoms with van der Waals surface area (Å²) in [5, 5.41) is 7.35. The minimum Gasteiger partial charge on any atom is -0.456 e. The van der Waals surface area contributed by atoms with Crippen LogP contribution >= 0.6 is 0 Å². The summed E-state index contributed by atoms with van der Waals surface area (Å²) >= 11 is 0. The van der Waals surface area contributed by atoms with Crippen LogP contribution in [-0.2, 0) is 5.41 Å². The molecule has 0 bridgehead atoms. The molecule has 0 atom stereocenters. The van der Waals surface area contributed by atoms with Crippen molar-refractivity contribution in [3.63, 3.8) is 0 Å². The Bertz CT molecular complexity index is 3090. The van der Waals surface area contributed by atoms with E-state index in [1.807, 2.05) is 12.1 Å². The summed E-state index contributed by atoms with van der Waals surface area (Å²) in [5.41, 5.74) is 17.2. The molecule has 2 aliphatic carbocycles. The molecule has 0 aliphatic heterocycles. The first-order valence-electron chi connectivity index (χ1n) is 18.1. The minimum atomic E-state index is -0.401. The Morgan fingerprint density at radius 1 is 0.327 bits per heavy atom. The summed E-state index contributed by atoms with van der Waals surface area (Å²) < 4.78 is 6.11. The lowest BCUT2D eigenvalue weighted by molar-refractivity contribution is 0.669. The molecule has 52 heavy (non-hydrogen) atoms. The van der Waals surface area contributed by atoms with Gasteiger partial charge in [0.2, 0.25) is 0 Å². The number of hydrogen-bond acceptors (Lipinski definition) is 1. The third kappa shape index (κ3) is 3.57. The number of para-hydroxylation sites is 1. The lowest BCUT2D eigenvalue weighted by Crippen LogP contribution is -2.26. The Morgan fingerprint density at radius 3 is 1.63 bits per heavy atom. The van der Waals surface area contributed by atoms with Crippen LogP contribution in [0.15, 0.2) is 186 Å². The first-order chi connectivity index (χ1) is 25.8. The Morgan fingerprint density at radius 2 is 0.865 bits per heavy atom. The quantitative estimate of drug-likeness (QED) is 0.180. The van der Waals surface area contributed by atoms with E-state index in [1.165, 1.54) is 88.3 Å². The van der Waals surface area contributed by atoms with Gasteiger partial charge < -0.3 is 4.42 Å². The van der Waals surface area contributed by atoms with Crippen LogP contribution in [0.4, 0.5) is 0 Å². The van der Waals surface area contributed by atoms with Gasteiger partial charge in [0, 0.05) is 10.8 Å². The highest BCUT2D eigenvalue weighted by Gasteiger charge is 2.52. The highest BCUT2D eigenvalue weighted by molar-refractivity contribution is 6.10. The number of rotatable bonds is 2. The van der Waals surface area contributed by atoms with Gasteiger partial charge in [-0.3, -0.25) is 0 Å². The van der Waals surface area contributed by atoms with Gasteiger partial charge in [-0.1, -0.05) is 146 Å². The van der Waals surface area contributed by atoms with E-state index in [1.54, 1.807) is 0 Å². The Hall–Kier alpha value is -6.70. The van der Waals surface area contributed by atoms with E-state index in [-0.39, 0.29) is 0 Å². The van der Waals surface area contributed by atoms with Gasteiger partial charge >= 0.3 is 0 Å². The van der Waals surface area contributed by atoms with Crippen molar-refractivity contribution < 1.29 is 4.42 Å². The lowest BCUT2D eigenvalue weighted by atomic mass is 9.69. The third-order valence-corrected chi connectivity index (χ3v) is 11.8. The second-order valence-corrected chi connectivity index (χ2v) is 14.4. The molecular weight excluding hydrogens is 629 g/mol. The van der Waals surface area contributed by atoms with E-state index >= 15 is 0 Å². The molecule has 1 nitrogen and oxygen atoms in total. The molecule has 0 amide bonds. The average Bonchev–Trinajstić information content (AvgIpc) is 3.84.